The van der Waals surface area contributed by atoms with E-state index in [1.807, 2.05) is 6.07 Å². The molecule has 1 heterocycles. The number of aromatic carboxylic acids is 1. The Labute approximate surface area is 162 Å². The molecule has 2 aliphatic rings. The lowest BCUT2D eigenvalue weighted by Crippen LogP contribution is -2.27. The van der Waals surface area contributed by atoms with Crippen LogP contribution in [-0.2, 0) is 4.79 Å². The zero-order valence-corrected chi connectivity index (χ0v) is 15.7. The molecule has 1 atom stereocenters. The molecule has 6 nitrogen and oxygen atoms in total. The van der Waals surface area contributed by atoms with Crippen LogP contribution in [0.15, 0.2) is 47.7 Å². The Morgan fingerprint density at radius 1 is 1.11 bits per heavy atom. The van der Waals surface area contributed by atoms with Crippen LogP contribution in [-0.4, -0.2) is 31.1 Å². The topological polar surface area (TPSA) is 84.9 Å². The fourth-order valence-corrected chi connectivity index (χ4v) is 4.08. The van der Waals surface area contributed by atoms with Crippen LogP contribution < -0.4 is 14.8 Å². The van der Waals surface area contributed by atoms with Crippen molar-refractivity contribution >= 4 is 17.4 Å². The van der Waals surface area contributed by atoms with Crippen LogP contribution in [0.4, 0.5) is 5.69 Å². The van der Waals surface area contributed by atoms with Crippen molar-refractivity contribution in [3.63, 3.8) is 0 Å². The van der Waals surface area contributed by atoms with Gasteiger partial charge in [-0.05, 0) is 30.5 Å². The molecule has 2 N–H and O–H groups in total. The van der Waals surface area contributed by atoms with Crippen LogP contribution in [0.5, 0.6) is 11.5 Å². The second-order valence-electron chi connectivity index (χ2n) is 6.95. The quantitative estimate of drug-likeness (QED) is 0.836. The Balaban J connectivity index is 1.94. The molecule has 0 bridgehead atoms. The number of methoxy groups -OCH3 is 2. The Bertz CT molecular complexity index is 991. The van der Waals surface area contributed by atoms with Crippen molar-refractivity contribution in [3.8, 4) is 11.5 Å². The van der Waals surface area contributed by atoms with E-state index < -0.39 is 5.97 Å². The Morgan fingerprint density at radius 2 is 1.86 bits per heavy atom. The van der Waals surface area contributed by atoms with Crippen molar-refractivity contribution in [2.45, 2.75) is 25.2 Å². The lowest BCUT2D eigenvalue weighted by Gasteiger charge is -2.35. The summed E-state index contributed by atoms with van der Waals surface area (Å²) in [4.78, 5) is 24.1. The first-order valence-corrected chi connectivity index (χ1v) is 9.16. The number of anilines is 1. The summed E-state index contributed by atoms with van der Waals surface area (Å²) in [5.74, 6) is 0.105. The third-order valence-corrected chi connectivity index (χ3v) is 5.38. The van der Waals surface area contributed by atoms with E-state index in [0.717, 1.165) is 40.9 Å². The molecule has 0 amide bonds. The number of carbonyl (C=O) groups is 2. The largest absolute Gasteiger partial charge is 0.497 e. The highest BCUT2D eigenvalue weighted by atomic mass is 16.5. The zero-order valence-electron chi connectivity index (χ0n) is 15.7. The molecule has 1 aliphatic carbocycles. The Kier molecular flexibility index (Phi) is 4.55. The number of benzene rings is 2. The fourth-order valence-electron chi connectivity index (χ4n) is 4.08. The van der Waals surface area contributed by atoms with Crippen LogP contribution in [0.3, 0.4) is 0 Å². The van der Waals surface area contributed by atoms with E-state index in [-0.39, 0.29) is 17.3 Å². The van der Waals surface area contributed by atoms with Gasteiger partial charge in [0.1, 0.15) is 11.5 Å². The molecule has 0 saturated carbocycles. The fraction of sp³-hybridized carbons (Fsp3) is 0.273. The summed E-state index contributed by atoms with van der Waals surface area (Å²) >= 11 is 0. The molecule has 6 heteroatoms. The average Bonchev–Trinajstić information content (AvgIpc) is 2.71. The smallest absolute Gasteiger partial charge is 0.335 e. The lowest BCUT2D eigenvalue weighted by molar-refractivity contribution is -0.116. The second-order valence-corrected chi connectivity index (χ2v) is 6.95. The maximum atomic E-state index is 12.9. The van der Waals surface area contributed by atoms with E-state index in [9.17, 15) is 14.7 Å². The summed E-state index contributed by atoms with van der Waals surface area (Å²) in [6.45, 7) is 0. The number of carbonyl (C=O) groups excluding carboxylic acids is 1. The van der Waals surface area contributed by atoms with Gasteiger partial charge in [0.2, 0.25) is 0 Å². The molecule has 0 fully saturated rings. The van der Waals surface area contributed by atoms with Crippen molar-refractivity contribution in [1.29, 1.82) is 0 Å². The summed E-state index contributed by atoms with van der Waals surface area (Å²) in [5, 5.41) is 12.6. The highest BCUT2D eigenvalue weighted by Gasteiger charge is 2.37. The van der Waals surface area contributed by atoms with Crippen LogP contribution in [0.2, 0.25) is 0 Å². The molecule has 0 saturated heterocycles. The van der Waals surface area contributed by atoms with Crippen LogP contribution >= 0.6 is 0 Å². The van der Waals surface area contributed by atoms with Gasteiger partial charge < -0.3 is 19.9 Å². The predicted molar refractivity (Wildman–Crippen MR) is 104 cm³/mol. The normalized spacial score (nSPS) is 18.1. The molecule has 4 rings (SSSR count). The SMILES string of the molecule is COc1cc2c(c(OC)c1)C(c1ccc(C(=O)O)cc1)C1=C(CCCC1=O)N2. The first-order valence-electron chi connectivity index (χ1n) is 9.16. The molecule has 2 aromatic carbocycles. The summed E-state index contributed by atoms with van der Waals surface area (Å²) in [7, 11) is 3.19. The molecule has 28 heavy (non-hydrogen) atoms. The second kappa shape index (κ2) is 7.03. The van der Waals surface area contributed by atoms with E-state index in [1.165, 1.54) is 0 Å². The molecular formula is C22H21NO5. The van der Waals surface area contributed by atoms with Gasteiger partial charge in [0, 0.05) is 47.0 Å². The van der Waals surface area contributed by atoms with E-state index in [1.54, 1.807) is 44.6 Å². The average molecular weight is 379 g/mol. The number of ketones is 1. The number of allylic oxidation sites excluding steroid dienone is 2. The first kappa shape index (κ1) is 18.1. The molecule has 2 aromatic rings. The Hall–Kier alpha value is -3.28. The number of Topliss-reactive ketones (excluding diaryl/α,β-unsaturated/α-hetero) is 1. The summed E-state index contributed by atoms with van der Waals surface area (Å²) < 4.78 is 11.0. The van der Waals surface area contributed by atoms with Gasteiger partial charge in [-0.3, -0.25) is 4.79 Å². The molecule has 0 spiro atoms. The van der Waals surface area contributed by atoms with Gasteiger partial charge in [-0.2, -0.15) is 0 Å². The number of nitrogens with one attached hydrogen (secondary N) is 1. The molecule has 1 aliphatic heterocycles. The first-order chi connectivity index (χ1) is 13.5. The molecule has 144 valence electrons. The number of hydrogen-bond donors (Lipinski definition) is 2. The van der Waals surface area contributed by atoms with Crippen molar-refractivity contribution in [2.75, 3.05) is 19.5 Å². The van der Waals surface area contributed by atoms with E-state index in [4.69, 9.17) is 9.47 Å². The van der Waals surface area contributed by atoms with E-state index >= 15 is 0 Å². The van der Waals surface area contributed by atoms with Gasteiger partial charge in [0.05, 0.1) is 19.8 Å². The number of ether oxygens (including phenoxy) is 2. The predicted octanol–water partition coefficient (Wildman–Crippen LogP) is 3.97. The van der Waals surface area contributed by atoms with Crippen LogP contribution in [0, 0.1) is 0 Å². The molecule has 0 aromatic heterocycles. The van der Waals surface area contributed by atoms with Gasteiger partial charge in [-0.15, -0.1) is 0 Å². The molecule has 0 radical (unpaired) electrons. The van der Waals surface area contributed by atoms with E-state index in [2.05, 4.69) is 5.32 Å². The third-order valence-electron chi connectivity index (χ3n) is 5.38. The minimum atomic E-state index is -0.978. The Morgan fingerprint density at radius 3 is 2.50 bits per heavy atom. The number of carboxylic acid groups (broad SMARTS) is 1. The van der Waals surface area contributed by atoms with Gasteiger partial charge in [0.15, 0.2) is 5.78 Å². The van der Waals surface area contributed by atoms with Crippen LogP contribution in [0.1, 0.15) is 46.7 Å². The number of carboxylic acids is 1. The number of rotatable bonds is 4. The van der Waals surface area contributed by atoms with Crippen molar-refractivity contribution < 1.29 is 24.2 Å². The van der Waals surface area contributed by atoms with Gasteiger partial charge in [0.25, 0.3) is 0 Å². The zero-order chi connectivity index (χ0) is 19.8. The number of fused-ring (bicyclic) bond motifs is 1. The van der Waals surface area contributed by atoms with Crippen molar-refractivity contribution in [3.05, 3.63) is 64.4 Å². The van der Waals surface area contributed by atoms with Gasteiger partial charge >= 0.3 is 5.97 Å². The van der Waals surface area contributed by atoms with Crippen LogP contribution in [0.25, 0.3) is 0 Å². The maximum absolute atomic E-state index is 12.9. The molecular weight excluding hydrogens is 358 g/mol. The van der Waals surface area contributed by atoms with Gasteiger partial charge in [-0.1, -0.05) is 12.1 Å². The summed E-state index contributed by atoms with van der Waals surface area (Å²) in [5.41, 5.74) is 4.44. The minimum absolute atomic E-state index is 0.115. The van der Waals surface area contributed by atoms with Gasteiger partial charge in [-0.25, -0.2) is 4.79 Å². The highest BCUT2D eigenvalue weighted by Crippen LogP contribution is 2.50. The summed E-state index contributed by atoms with van der Waals surface area (Å²) in [6, 6.07) is 10.4. The lowest BCUT2D eigenvalue weighted by atomic mass is 9.75. The monoisotopic (exact) mass is 379 g/mol. The summed E-state index contributed by atoms with van der Waals surface area (Å²) in [6.07, 6.45) is 2.12. The van der Waals surface area contributed by atoms with E-state index in [0.29, 0.717) is 17.9 Å². The van der Waals surface area contributed by atoms with Crippen molar-refractivity contribution in [2.24, 2.45) is 0 Å². The highest BCUT2D eigenvalue weighted by molar-refractivity contribution is 6.01. The standard InChI is InChI=1S/C22H21NO5/c1-27-14-10-16-21(18(11-14)28-2)19(12-6-8-13(9-7-12)22(25)26)20-15(23-16)4-3-5-17(20)24/h6-11,19,23H,3-5H2,1-2H3,(H,25,26). The third kappa shape index (κ3) is 2.91. The molecule has 1 unspecified atom stereocenters. The van der Waals surface area contributed by atoms with Crippen molar-refractivity contribution in [1.82, 2.24) is 0 Å². The number of hydrogen-bond acceptors (Lipinski definition) is 5. The minimum Gasteiger partial charge on any atom is -0.497 e. The maximum Gasteiger partial charge on any atom is 0.335 e.